The van der Waals surface area contributed by atoms with E-state index in [1.54, 1.807) is 0 Å². The van der Waals surface area contributed by atoms with Crippen LogP contribution in [0.1, 0.15) is 24.0 Å². The van der Waals surface area contributed by atoms with Gasteiger partial charge in [0.05, 0.1) is 12.5 Å². The molecule has 124 valence electrons. The smallest absolute Gasteiger partial charge is 0.214 e. The first-order chi connectivity index (χ1) is 11.6. The SMILES string of the molecule is CCOc1ccc(Br)cc1[C@@H](C[N+](=O)[O-])c1c[nH]c2ccccc12. The topological polar surface area (TPSA) is 68.2 Å². The molecule has 0 bridgehead atoms. The van der Waals surface area contributed by atoms with E-state index in [2.05, 4.69) is 20.9 Å². The minimum atomic E-state index is -0.393. The molecule has 0 amide bonds. The van der Waals surface area contributed by atoms with Crippen molar-refractivity contribution < 1.29 is 9.66 Å². The van der Waals surface area contributed by atoms with Crippen LogP contribution < -0.4 is 4.74 Å². The minimum Gasteiger partial charge on any atom is -0.494 e. The second-order valence-electron chi connectivity index (χ2n) is 5.47. The number of hydrogen-bond acceptors (Lipinski definition) is 3. The van der Waals surface area contributed by atoms with Crippen LogP contribution in [0, 0.1) is 10.1 Å². The predicted octanol–water partition coefficient (Wildman–Crippen LogP) is 4.74. The van der Waals surface area contributed by atoms with E-state index in [1.807, 2.05) is 55.6 Å². The van der Waals surface area contributed by atoms with Gasteiger partial charge in [0.15, 0.2) is 0 Å². The highest BCUT2D eigenvalue weighted by atomic mass is 79.9. The highest BCUT2D eigenvalue weighted by Crippen LogP contribution is 2.37. The van der Waals surface area contributed by atoms with Crippen LogP contribution >= 0.6 is 15.9 Å². The van der Waals surface area contributed by atoms with Gasteiger partial charge in [0, 0.05) is 32.1 Å². The summed E-state index contributed by atoms with van der Waals surface area (Å²) in [6.07, 6.45) is 1.86. The maximum Gasteiger partial charge on any atom is 0.214 e. The van der Waals surface area contributed by atoms with Crippen molar-refractivity contribution in [2.75, 3.05) is 13.2 Å². The van der Waals surface area contributed by atoms with Crippen LogP contribution in [0.15, 0.2) is 53.1 Å². The van der Waals surface area contributed by atoms with Crippen LogP contribution in [-0.2, 0) is 0 Å². The van der Waals surface area contributed by atoms with Gasteiger partial charge >= 0.3 is 0 Å². The quantitative estimate of drug-likeness (QED) is 0.489. The fourth-order valence-corrected chi connectivity index (χ4v) is 3.35. The fourth-order valence-electron chi connectivity index (χ4n) is 2.97. The molecule has 1 heterocycles. The second kappa shape index (κ2) is 7.05. The predicted molar refractivity (Wildman–Crippen MR) is 97.3 cm³/mol. The Kier molecular flexibility index (Phi) is 4.85. The number of para-hydroxylation sites is 1. The lowest BCUT2D eigenvalue weighted by molar-refractivity contribution is -0.481. The summed E-state index contributed by atoms with van der Waals surface area (Å²) in [6, 6.07) is 13.5. The average molecular weight is 389 g/mol. The number of H-pyrrole nitrogens is 1. The Morgan fingerprint density at radius 2 is 2.04 bits per heavy atom. The second-order valence-corrected chi connectivity index (χ2v) is 6.39. The number of nitro groups is 1. The van der Waals surface area contributed by atoms with Crippen molar-refractivity contribution in [2.24, 2.45) is 0 Å². The first-order valence-corrected chi connectivity index (χ1v) is 8.49. The lowest BCUT2D eigenvalue weighted by Crippen LogP contribution is -2.15. The fraction of sp³-hybridized carbons (Fsp3) is 0.222. The Morgan fingerprint density at radius 1 is 1.25 bits per heavy atom. The molecule has 0 aliphatic carbocycles. The van der Waals surface area contributed by atoms with Gasteiger partial charge in [-0.3, -0.25) is 10.1 Å². The Labute approximate surface area is 147 Å². The molecule has 24 heavy (non-hydrogen) atoms. The van der Waals surface area contributed by atoms with Crippen molar-refractivity contribution in [2.45, 2.75) is 12.8 Å². The van der Waals surface area contributed by atoms with Crippen LogP contribution in [0.3, 0.4) is 0 Å². The summed E-state index contributed by atoms with van der Waals surface area (Å²) >= 11 is 3.46. The Bertz CT molecular complexity index is 876. The zero-order valence-corrected chi connectivity index (χ0v) is 14.7. The standard InChI is InChI=1S/C18H17BrN2O3/c1-2-24-18-8-7-12(19)9-14(18)16(11-21(22)23)15-10-20-17-6-4-3-5-13(15)17/h3-10,16,20H,2,11H2,1H3/t16-/m1/s1. The van der Waals surface area contributed by atoms with E-state index in [0.29, 0.717) is 12.4 Å². The summed E-state index contributed by atoms with van der Waals surface area (Å²) < 4.78 is 6.58. The molecule has 1 atom stereocenters. The molecule has 0 unspecified atom stereocenters. The van der Waals surface area contributed by atoms with Gasteiger partial charge in [0.25, 0.3) is 0 Å². The zero-order chi connectivity index (χ0) is 17.1. The third-order valence-electron chi connectivity index (χ3n) is 3.98. The van der Waals surface area contributed by atoms with Gasteiger partial charge in [-0.2, -0.15) is 0 Å². The number of halogens is 1. The molecule has 0 saturated heterocycles. The highest BCUT2D eigenvalue weighted by Gasteiger charge is 2.26. The molecule has 3 rings (SSSR count). The summed E-state index contributed by atoms with van der Waals surface area (Å²) in [5, 5.41) is 12.3. The molecular weight excluding hydrogens is 372 g/mol. The summed E-state index contributed by atoms with van der Waals surface area (Å²) in [5.74, 6) is 0.285. The van der Waals surface area contributed by atoms with Crippen molar-refractivity contribution in [3.8, 4) is 5.75 Å². The van der Waals surface area contributed by atoms with Crippen LogP contribution in [0.2, 0.25) is 0 Å². The first-order valence-electron chi connectivity index (χ1n) is 7.70. The molecule has 0 fully saturated rings. The summed E-state index contributed by atoms with van der Waals surface area (Å²) in [4.78, 5) is 14.2. The van der Waals surface area contributed by atoms with Crippen LogP contribution in [0.5, 0.6) is 5.75 Å². The van der Waals surface area contributed by atoms with Crippen molar-refractivity contribution in [3.05, 3.63) is 74.4 Å². The Balaban J connectivity index is 2.17. The van der Waals surface area contributed by atoms with Gasteiger partial charge in [-0.1, -0.05) is 34.1 Å². The molecule has 6 heteroatoms. The molecule has 0 saturated carbocycles. The molecular formula is C18H17BrN2O3. The van der Waals surface area contributed by atoms with Gasteiger partial charge in [-0.05, 0) is 36.8 Å². The van der Waals surface area contributed by atoms with E-state index in [1.165, 1.54) is 0 Å². The van der Waals surface area contributed by atoms with E-state index in [9.17, 15) is 10.1 Å². The molecule has 1 N–H and O–H groups in total. The van der Waals surface area contributed by atoms with Gasteiger partial charge in [-0.25, -0.2) is 0 Å². The van der Waals surface area contributed by atoms with Gasteiger partial charge < -0.3 is 9.72 Å². The Morgan fingerprint density at radius 3 is 2.79 bits per heavy atom. The molecule has 0 aliphatic heterocycles. The first kappa shape index (κ1) is 16.5. The van der Waals surface area contributed by atoms with E-state index >= 15 is 0 Å². The summed E-state index contributed by atoms with van der Waals surface area (Å²) in [6.45, 7) is 2.21. The van der Waals surface area contributed by atoms with Crippen LogP contribution in [0.4, 0.5) is 0 Å². The van der Waals surface area contributed by atoms with Crippen LogP contribution in [-0.4, -0.2) is 23.1 Å². The summed E-state index contributed by atoms with van der Waals surface area (Å²) in [7, 11) is 0. The zero-order valence-electron chi connectivity index (χ0n) is 13.2. The van der Waals surface area contributed by atoms with E-state index in [0.717, 1.165) is 26.5 Å². The normalized spacial score (nSPS) is 12.2. The number of ether oxygens (including phenoxy) is 1. The monoisotopic (exact) mass is 388 g/mol. The van der Waals surface area contributed by atoms with Gasteiger partial charge in [0.2, 0.25) is 6.54 Å². The number of rotatable bonds is 6. The number of fused-ring (bicyclic) bond motifs is 1. The molecule has 3 aromatic rings. The number of aromatic amines is 1. The molecule has 0 spiro atoms. The highest BCUT2D eigenvalue weighted by molar-refractivity contribution is 9.10. The van der Waals surface area contributed by atoms with Crippen molar-refractivity contribution in [3.63, 3.8) is 0 Å². The lowest BCUT2D eigenvalue weighted by Gasteiger charge is -2.17. The minimum absolute atomic E-state index is 0.196. The van der Waals surface area contributed by atoms with Crippen molar-refractivity contribution in [1.82, 2.24) is 4.98 Å². The molecule has 5 nitrogen and oxygen atoms in total. The van der Waals surface area contributed by atoms with E-state index in [-0.39, 0.29) is 11.5 Å². The number of benzene rings is 2. The Hall–Kier alpha value is -2.34. The molecule has 0 radical (unpaired) electrons. The number of nitrogens with zero attached hydrogens (tertiary/aromatic N) is 1. The lowest BCUT2D eigenvalue weighted by atomic mass is 9.90. The number of aromatic nitrogens is 1. The van der Waals surface area contributed by atoms with E-state index < -0.39 is 5.92 Å². The van der Waals surface area contributed by atoms with Gasteiger partial charge in [-0.15, -0.1) is 0 Å². The van der Waals surface area contributed by atoms with Crippen molar-refractivity contribution >= 4 is 26.8 Å². The molecule has 2 aromatic carbocycles. The third-order valence-corrected chi connectivity index (χ3v) is 4.47. The average Bonchev–Trinajstić information content (AvgIpc) is 2.98. The third kappa shape index (κ3) is 3.28. The largest absolute Gasteiger partial charge is 0.494 e. The molecule has 1 aromatic heterocycles. The maximum atomic E-state index is 11.3. The summed E-state index contributed by atoms with van der Waals surface area (Å²) in [5.41, 5.74) is 2.68. The van der Waals surface area contributed by atoms with Crippen LogP contribution in [0.25, 0.3) is 10.9 Å². The number of hydrogen-bond donors (Lipinski definition) is 1. The van der Waals surface area contributed by atoms with E-state index in [4.69, 9.17) is 4.74 Å². The number of nitrogens with one attached hydrogen (secondary N) is 1. The molecule has 0 aliphatic rings. The van der Waals surface area contributed by atoms with Crippen molar-refractivity contribution in [1.29, 1.82) is 0 Å². The maximum absolute atomic E-state index is 11.3. The van der Waals surface area contributed by atoms with Gasteiger partial charge in [0.1, 0.15) is 5.75 Å².